The number of nitrogens with zero attached hydrogens (tertiary/aromatic N) is 1. The zero-order valence-corrected chi connectivity index (χ0v) is 13.5. The monoisotopic (exact) mass is 249 g/mol. The molecule has 0 spiro atoms. The van der Waals surface area contributed by atoms with Gasteiger partial charge in [-0.25, -0.2) is 0 Å². The molecule has 0 aromatic heterocycles. The fraction of sp³-hybridized carbons (Fsp3) is 0.833. The largest absolute Gasteiger partial charge is 2.00 e. The molecule has 0 saturated heterocycles. The van der Waals surface area contributed by atoms with Crippen LogP contribution in [0.15, 0.2) is 0 Å². The Balaban J connectivity index is -0.000000376. The third-order valence-corrected chi connectivity index (χ3v) is 1.80. The van der Waals surface area contributed by atoms with Gasteiger partial charge in [-0.05, 0) is 32.5 Å². The predicted octanol–water partition coefficient (Wildman–Crippen LogP) is 3.56. The fourth-order valence-corrected chi connectivity index (χ4v) is 1.30. The first-order valence-electron chi connectivity index (χ1n) is 5.57. The maximum atomic E-state index is 3.85. The fourth-order valence-electron chi connectivity index (χ4n) is 1.30. The van der Waals surface area contributed by atoms with Gasteiger partial charge in [-0.2, -0.15) is 13.3 Å². The van der Waals surface area contributed by atoms with Crippen LogP contribution in [0.5, 0.6) is 0 Å². The first-order valence-corrected chi connectivity index (χ1v) is 5.57. The van der Waals surface area contributed by atoms with Crippen molar-refractivity contribution in [2.45, 2.75) is 46.5 Å². The molecule has 0 saturated carbocycles. The Morgan fingerprint density at radius 2 is 1.36 bits per heavy atom. The molecule has 0 aromatic rings. The maximum absolute atomic E-state index is 3.85. The van der Waals surface area contributed by atoms with Crippen molar-refractivity contribution in [3.05, 3.63) is 13.8 Å². The summed E-state index contributed by atoms with van der Waals surface area (Å²) in [4.78, 5) is 2.53. The molecule has 0 aromatic carbocycles. The predicted molar refractivity (Wildman–Crippen MR) is 62.6 cm³/mol. The van der Waals surface area contributed by atoms with Crippen molar-refractivity contribution < 1.29 is 19.5 Å². The van der Waals surface area contributed by atoms with Crippen LogP contribution in [-0.4, -0.2) is 24.5 Å². The van der Waals surface area contributed by atoms with Crippen molar-refractivity contribution >= 4 is 0 Å². The molecule has 0 aliphatic rings. The van der Waals surface area contributed by atoms with E-state index in [1.54, 1.807) is 6.92 Å². The van der Waals surface area contributed by atoms with Crippen LogP contribution in [-0.2, 0) is 19.5 Å². The van der Waals surface area contributed by atoms with Crippen LogP contribution < -0.4 is 0 Å². The van der Waals surface area contributed by atoms with Crippen LogP contribution in [0, 0.1) is 13.8 Å². The minimum Gasteiger partial charge on any atom is -0.346 e. The Bertz CT molecular complexity index is 70.7. The normalized spacial score (nSPS) is 9.00. The second-order valence-corrected chi connectivity index (χ2v) is 3.05. The van der Waals surface area contributed by atoms with E-state index in [1.807, 2.05) is 0 Å². The summed E-state index contributed by atoms with van der Waals surface area (Å²) in [6.45, 7) is 17.1. The summed E-state index contributed by atoms with van der Waals surface area (Å²) in [6, 6.07) is 0. The average Bonchev–Trinajstić information content (AvgIpc) is 2.18. The number of hydrogen-bond acceptors (Lipinski definition) is 1. The van der Waals surface area contributed by atoms with E-state index in [-0.39, 0.29) is 19.5 Å². The zero-order valence-electron chi connectivity index (χ0n) is 10.5. The molecule has 0 radical (unpaired) electrons. The molecule has 0 heterocycles. The summed E-state index contributed by atoms with van der Waals surface area (Å²) >= 11 is 0. The van der Waals surface area contributed by atoms with E-state index in [1.165, 1.54) is 38.9 Å². The third kappa shape index (κ3) is 15.1. The second kappa shape index (κ2) is 19.2. The summed E-state index contributed by atoms with van der Waals surface area (Å²) in [7, 11) is 0. The van der Waals surface area contributed by atoms with Crippen molar-refractivity contribution in [3.8, 4) is 0 Å². The van der Waals surface area contributed by atoms with Gasteiger partial charge in [0.15, 0.2) is 0 Å². The molecule has 0 atom stereocenters. The van der Waals surface area contributed by atoms with Crippen molar-refractivity contribution in [1.82, 2.24) is 4.90 Å². The summed E-state index contributed by atoms with van der Waals surface area (Å²) in [5.74, 6) is 0. The molecule has 0 amide bonds. The van der Waals surface area contributed by atoms with Gasteiger partial charge in [0.25, 0.3) is 0 Å². The number of rotatable bonds is 7. The van der Waals surface area contributed by atoms with E-state index in [4.69, 9.17) is 0 Å². The van der Waals surface area contributed by atoms with Crippen molar-refractivity contribution in [2.24, 2.45) is 0 Å². The second-order valence-electron chi connectivity index (χ2n) is 3.05. The Hall–Kier alpha value is 0.583. The van der Waals surface area contributed by atoms with Crippen molar-refractivity contribution in [2.75, 3.05) is 19.6 Å². The van der Waals surface area contributed by atoms with Gasteiger partial charge in [0.2, 0.25) is 0 Å². The minimum absolute atomic E-state index is 0. The van der Waals surface area contributed by atoms with E-state index in [0.717, 1.165) is 6.42 Å². The van der Waals surface area contributed by atoms with Crippen LogP contribution in [0.3, 0.4) is 0 Å². The van der Waals surface area contributed by atoms with E-state index in [9.17, 15) is 0 Å². The number of hydrogen-bond donors (Lipinski definition) is 0. The number of unbranched alkanes of at least 4 members (excludes halogenated alkanes) is 1. The van der Waals surface area contributed by atoms with E-state index >= 15 is 0 Å². The molecule has 0 rings (SSSR count). The van der Waals surface area contributed by atoms with Gasteiger partial charge in [-0.15, -0.1) is 0 Å². The smallest absolute Gasteiger partial charge is 0.346 e. The zero-order chi connectivity index (χ0) is 10.5. The molecule has 82 valence electrons. The Kier molecular flexibility index (Phi) is 27.5. The molecule has 0 aliphatic heterocycles. The molecule has 0 N–H and O–H groups in total. The molecule has 2 heteroatoms. The molecule has 0 fully saturated rings. The molecular formula is C12H27NZn. The van der Waals surface area contributed by atoms with Gasteiger partial charge in [0.1, 0.15) is 0 Å². The van der Waals surface area contributed by atoms with Crippen LogP contribution in [0.2, 0.25) is 0 Å². The third-order valence-electron chi connectivity index (χ3n) is 1.80. The topological polar surface area (TPSA) is 3.24 Å². The van der Waals surface area contributed by atoms with Gasteiger partial charge in [-0.1, -0.05) is 20.3 Å². The van der Waals surface area contributed by atoms with E-state index in [0.29, 0.717) is 0 Å². The van der Waals surface area contributed by atoms with E-state index in [2.05, 4.69) is 32.6 Å². The van der Waals surface area contributed by atoms with Gasteiger partial charge in [0.05, 0.1) is 0 Å². The van der Waals surface area contributed by atoms with Gasteiger partial charge >= 0.3 is 19.5 Å². The van der Waals surface area contributed by atoms with Gasteiger partial charge < -0.3 is 18.7 Å². The van der Waals surface area contributed by atoms with Crippen molar-refractivity contribution in [3.63, 3.8) is 0 Å². The molecule has 1 nitrogen and oxygen atoms in total. The summed E-state index contributed by atoms with van der Waals surface area (Å²) in [5, 5.41) is 0. The SMILES string of the molecule is [CH2-]C.[CH2-]CCCN(CCC)CCC.[Zn+2]. The van der Waals surface area contributed by atoms with Crippen LogP contribution >= 0.6 is 0 Å². The first-order chi connectivity index (χ1) is 6.35. The Labute approximate surface area is 104 Å². The molecule has 0 aliphatic carbocycles. The first kappa shape index (κ1) is 20.1. The molecular weight excluding hydrogens is 224 g/mol. The summed E-state index contributed by atoms with van der Waals surface area (Å²) in [5.41, 5.74) is 0. The van der Waals surface area contributed by atoms with Gasteiger partial charge in [-0.3, -0.25) is 0 Å². The van der Waals surface area contributed by atoms with E-state index < -0.39 is 0 Å². The average molecular weight is 251 g/mol. The minimum atomic E-state index is 0. The Morgan fingerprint density at radius 3 is 1.64 bits per heavy atom. The summed E-state index contributed by atoms with van der Waals surface area (Å²) < 4.78 is 0. The summed E-state index contributed by atoms with van der Waals surface area (Å²) in [6.07, 6.45) is 4.87. The van der Waals surface area contributed by atoms with Crippen LogP contribution in [0.25, 0.3) is 0 Å². The molecule has 0 unspecified atom stereocenters. The molecule has 14 heavy (non-hydrogen) atoms. The molecule has 0 bridgehead atoms. The Morgan fingerprint density at radius 1 is 0.929 bits per heavy atom. The van der Waals surface area contributed by atoms with Gasteiger partial charge in [0, 0.05) is 0 Å². The quantitative estimate of drug-likeness (QED) is 0.493. The standard InChI is InChI=1S/C10H22N.C2H5.Zn/c1-4-7-10-11(8-5-2)9-6-3;1-2;/h1,4-10H2,2-3H3;1H2,2H3;/q2*-1;+2. The van der Waals surface area contributed by atoms with Crippen LogP contribution in [0.1, 0.15) is 46.5 Å². The van der Waals surface area contributed by atoms with Crippen molar-refractivity contribution in [1.29, 1.82) is 0 Å². The maximum Gasteiger partial charge on any atom is 2.00 e. The van der Waals surface area contributed by atoms with Crippen LogP contribution in [0.4, 0.5) is 0 Å².